The molecule has 0 aliphatic heterocycles. The van der Waals surface area contributed by atoms with Gasteiger partial charge in [0.1, 0.15) is 0 Å². The van der Waals surface area contributed by atoms with Crippen LogP contribution in [0, 0.1) is 5.92 Å². The van der Waals surface area contributed by atoms with Crippen LogP contribution in [0.5, 0.6) is 0 Å². The Morgan fingerprint density at radius 2 is 1.96 bits per heavy atom. The van der Waals surface area contributed by atoms with Crippen LogP contribution in [0.15, 0.2) is 23.3 Å². The predicted molar refractivity (Wildman–Crippen MR) is 102 cm³/mol. The third-order valence-electron chi connectivity index (χ3n) is 5.57. The lowest BCUT2D eigenvalue weighted by molar-refractivity contribution is -0.143. The van der Waals surface area contributed by atoms with E-state index in [4.69, 9.17) is 9.16 Å². The van der Waals surface area contributed by atoms with Gasteiger partial charge in [0, 0.05) is 12.0 Å². The van der Waals surface area contributed by atoms with E-state index in [9.17, 15) is 9.59 Å². The molecule has 2 rings (SSSR count). The number of ketones is 1. The molecule has 0 aromatic carbocycles. The van der Waals surface area contributed by atoms with Gasteiger partial charge in [-0.15, -0.1) is 0 Å². The number of allylic oxidation sites excluding steroid dienone is 2. The molecule has 2 aliphatic carbocycles. The van der Waals surface area contributed by atoms with Gasteiger partial charge in [0.2, 0.25) is 0 Å². The maximum atomic E-state index is 12.4. The third-order valence-corrected chi connectivity index (χ3v) is 10.1. The van der Waals surface area contributed by atoms with Gasteiger partial charge in [-0.1, -0.05) is 32.9 Å². The highest BCUT2D eigenvalue weighted by atomic mass is 28.4. The molecule has 5 heteroatoms. The Balaban J connectivity index is 1.97. The molecule has 0 saturated heterocycles. The van der Waals surface area contributed by atoms with Crippen LogP contribution in [0.1, 0.15) is 53.4 Å². The van der Waals surface area contributed by atoms with Crippen molar-refractivity contribution in [1.82, 2.24) is 0 Å². The summed E-state index contributed by atoms with van der Waals surface area (Å²) in [5, 5.41) is 0.183. The Labute approximate surface area is 152 Å². The highest BCUT2D eigenvalue weighted by Gasteiger charge is 2.40. The van der Waals surface area contributed by atoms with E-state index in [0.29, 0.717) is 19.4 Å². The molecule has 0 radical (unpaired) electrons. The zero-order chi connectivity index (χ0) is 18.8. The normalized spacial score (nSPS) is 24.3. The molecule has 0 N–H and O–H groups in total. The van der Waals surface area contributed by atoms with Crippen molar-refractivity contribution in [1.29, 1.82) is 0 Å². The van der Waals surface area contributed by atoms with E-state index in [1.54, 1.807) is 6.92 Å². The van der Waals surface area contributed by atoms with Crippen molar-refractivity contribution < 1.29 is 18.8 Å². The number of carbonyl (C=O) groups is 2. The van der Waals surface area contributed by atoms with Crippen molar-refractivity contribution in [3.05, 3.63) is 23.3 Å². The zero-order valence-electron chi connectivity index (χ0n) is 16.5. The molecule has 4 nitrogen and oxygen atoms in total. The second-order valence-corrected chi connectivity index (χ2v) is 13.4. The molecule has 0 aromatic heterocycles. The second kappa shape index (κ2) is 7.58. The van der Waals surface area contributed by atoms with Gasteiger partial charge >= 0.3 is 5.97 Å². The number of hydrogen-bond acceptors (Lipinski definition) is 4. The van der Waals surface area contributed by atoms with E-state index in [-0.39, 0.29) is 28.8 Å². The van der Waals surface area contributed by atoms with E-state index in [1.807, 2.05) is 6.08 Å². The van der Waals surface area contributed by atoms with E-state index in [1.165, 1.54) is 0 Å². The number of esters is 1. The molecule has 0 spiro atoms. The largest absolute Gasteiger partial charge is 0.466 e. The summed E-state index contributed by atoms with van der Waals surface area (Å²) in [6.45, 7) is 13.4. The molecule has 2 aliphatic rings. The number of Topliss-reactive ketones (excluding diaryl/α,β-unsaturated/α-hetero) is 1. The fourth-order valence-electron chi connectivity index (χ4n) is 3.18. The lowest BCUT2D eigenvalue weighted by atomic mass is 10.0. The first kappa shape index (κ1) is 20.1. The van der Waals surface area contributed by atoms with E-state index in [0.717, 1.165) is 24.0 Å². The fraction of sp³-hybridized carbons (Fsp3) is 0.700. The van der Waals surface area contributed by atoms with Crippen LogP contribution in [0.3, 0.4) is 0 Å². The van der Waals surface area contributed by atoms with Crippen molar-refractivity contribution >= 4 is 20.1 Å². The molecule has 0 saturated carbocycles. The lowest BCUT2D eigenvalue weighted by Gasteiger charge is -2.38. The minimum Gasteiger partial charge on any atom is -0.466 e. The molecule has 25 heavy (non-hydrogen) atoms. The van der Waals surface area contributed by atoms with Crippen molar-refractivity contribution in [3.63, 3.8) is 0 Å². The molecule has 2 atom stereocenters. The summed E-state index contributed by atoms with van der Waals surface area (Å²) < 4.78 is 11.5. The van der Waals surface area contributed by atoms with Gasteiger partial charge in [0.15, 0.2) is 14.1 Å². The third kappa shape index (κ3) is 4.91. The predicted octanol–water partition coefficient (Wildman–Crippen LogP) is 4.57. The molecule has 0 aromatic rings. The smallest absolute Gasteiger partial charge is 0.306 e. The van der Waals surface area contributed by atoms with Crippen LogP contribution in [0.4, 0.5) is 0 Å². The van der Waals surface area contributed by atoms with Gasteiger partial charge in [0.05, 0.1) is 19.1 Å². The highest BCUT2D eigenvalue weighted by molar-refractivity contribution is 6.74. The summed E-state index contributed by atoms with van der Waals surface area (Å²) in [7, 11) is -1.80. The topological polar surface area (TPSA) is 52.6 Å². The van der Waals surface area contributed by atoms with Crippen LogP contribution in [0.25, 0.3) is 0 Å². The van der Waals surface area contributed by atoms with E-state index < -0.39 is 8.32 Å². The van der Waals surface area contributed by atoms with Gasteiger partial charge in [-0.3, -0.25) is 9.59 Å². The summed E-state index contributed by atoms with van der Waals surface area (Å²) in [4.78, 5) is 24.0. The van der Waals surface area contributed by atoms with Crippen molar-refractivity contribution in [2.75, 3.05) is 6.61 Å². The van der Waals surface area contributed by atoms with Crippen LogP contribution in [0.2, 0.25) is 18.1 Å². The van der Waals surface area contributed by atoms with Gasteiger partial charge in [-0.2, -0.15) is 0 Å². The zero-order valence-corrected chi connectivity index (χ0v) is 17.5. The quantitative estimate of drug-likeness (QED) is 0.512. The number of ether oxygens (including phenoxy) is 1. The van der Waals surface area contributed by atoms with Crippen molar-refractivity contribution in [2.45, 2.75) is 77.6 Å². The molecule has 0 heterocycles. The van der Waals surface area contributed by atoms with Crippen LogP contribution in [-0.4, -0.2) is 32.8 Å². The molecule has 0 bridgehead atoms. The first-order valence-corrected chi connectivity index (χ1v) is 12.2. The van der Waals surface area contributed by atoms with Crippen LogP contribution >= 0.6 is 0 Å². The van der Waals surface area contributed by atoms with E-state index >= 15 is 0 Å². The average Bonchev–Trinajstić information content (AvgIpc) is 3.04. The van der Waals surface area contributed by atoms with Crippen LogP contribution < -0.4 is 0 Å². The Morgan fingerprint density at radius 3 is 2.56 bits per heavy atom. The Bertz CT molecular complexity index is 595. The summed E-state index contributed by atoms with van der Waals surface area (Å²) in [5.41, 5.74) is 1.90. The number of carbonyl (C=O) groups excluding carboxylic acids is 2. The minimum atomic E-state index is -1.80. The number of rotatable bonds is 6. The molecule has 0 fully saturated rings. The van der Waals surface area contributed by atoms with Crippen LogP contribution in [-0.2, 0) is 18.8 Å². The molecule has 140 valence electrons. The standard InChI is InChI=1S/C20H32O4Si/c1-7-23-19(22)12-14-10-17(18(21)11-14)15-8-9-16(13-15)24-25(5,6)20(2,3)4/h8,10,14,16H,7,9,11-13H2,1-6H3/t14-,16+/m0/s1. The second-order valence-electron chi connectivity index (χ2n) is 8.65. The minimum absolute atomic E-state index is 0.0252. The summed E-state index contributed by atoms with van der Waals surface area (Å²) in [5.74, 6) is -0.103. The highest BCUT2D eigenvalue weighted by Crippen LogP contribution is 2.41. The average molecular weight is 365 g/mol. The van der Waals surface area contributed by atoms with Crippen molar-refractivity contribution in [3.8, 4) is 0 Å². The van der Waals surface area contributed by atoms with Crippen molar-refractivity contribution in [2.24, 2.45) is 5.92 Å². The van der Waals surface area contributed by atoms with Gasteiger partial charge < -0.3 is 9.16 Å². The lowest BCUT2D eigenvalue weighted by Crippen LogP contribution is -2.43. The maximum absolute atomic E-state index is 12.4. The Morgan fingerprint density at radius 1 is 1.28 bits per heavy atom. The summed E-state index contributed by atoms with van der Waals surface area (Å²) >= 11 is 0. The fourth-order valence-corrected chi connectivity index (χ4v) is 4.54. The first-order chi connectivity index (χ1) is 11.5. The first-order valence-electron chi connectivity index (χ1n) is 9.31. The molecule has 0 unspecified atom stereocenters. The Hall–Kier alpha value is -1.20. The van der Waals surface area contributed by atoms with Gasteiger partial charge in [-0.25, -0.2) is 0 Å². The van der Waals surface area contributed by atoms with Gasteiger partial charge in [-0.05, 0) is 49.4 Å². The monoisotopic (exact) mass is 364 g/mol. The summed E-state index contributed by atoms with van der Waals surface area (Å²) in [6.07, 6.45) is 6.67. The SMILES string of the molecule is CCOC(=O)C[C@H]1C=C(C2=CC[C@@H](O[Si](C)(C)C(C)(C)C)C2)C(=O)C1. The Kier molecular flexibility index (Phi) is 6.10. The number of hydrogen-bond donors (Lipinski definition) is 0. The van der Waals surface area contributed by atoms with E-state index in [2.05, 4.69) is 39.9 Å². The molecular formula is C20H32O4Si. The van der Waals surface area contributed by atoms with Gasteiger partial charge in [0.25, 0.3) is 0 Å². The summed E-state index contributed by atoms with van der Waals surface area (Å²) in [6, 6.07) is 0. The maximum Gasteiger partial charge on any atom is 0.306 e. The molecular weight excluding hydrogens is 332 g/mol. The molecule has 0 amide bonds.